The van der Waals surface area contributed by atoms with Crippen molar-refractivity contribution in [1.29, 1.82) is 0 Å². The Labute approximate surface area is 122 Å². The van der Waals surface area contributed by atoms with Gasteiger partial charge in [0.1, 0.15) is 0 Å². The van der Waals surface area contributed by atoms with Crippen molar-refractivity contribution in [2.45, 2.75) is 60.5 Å². The van der Waals surface area contributed by atoms with E-state index in [1.54, 1.807) is 6.20 Å². The maximum atomic E-state index is 6.33. The molecule has 0 aliphatic rings. The molecule has 0 radical (unpaired) electrons. The maximum absolute atomic E-state index is 6.33. The second-order valence-corrected chi connectivity index (χ2v) is 6.71. The Morgan fingerprint density at radius 2 is 2.00 bits per heavy atom. The monoisotopic (exact) mass is 285 g/mol. The van der Waals surface area contributed by atoms with Gasteiger partial charge in [-0.3, -0.25) is 4.68 Å². The molecule has 110 valence electrons. The fraction of sp³-hybridized carbons (Fsp3) is 0.800. The van der Waals surface area contributed by atoms with Crippen molar-refractivity contribution >= 4 is 11.6 Å². The topological polar surface area (TPSA) is 29.9 Å². The van der Waals surface area contributed by atoms with E-state index in [0.29, 0.717) is 11.3 Å². The molecular formula is C15H28ClN3. The van der Waals surface area contributed by atoms with Gasteiger partial charge >= 0.3 is 0 Å². The van der Waals surface area contributed by atoms with Gasteiger partial charge < -0.3 is 5.32 Å². The van der Waals surface area contributed by atoms with Gasteiger partial charge in [0.2, 0.25) is 0 Å². The Hall–Kier alpha value is -0.540. The van der Waals surface area contributed by atoms with Crippen molar-refractivity contribution in [3.05, 3.63) is 16.9 Å². The number of hydrogen-bond acceptors (Lipinski definition) is 2. The van der Waals surface area contributed by atoms with Crippen LogP contribution in [-0.4, -0.2) is 16.3 Å². The molecule has 0 aromatic carbocycles. The quantitative estimate of drug-likeness (QED) is 0.845. The average molecular weight is 286 g/mol. The minimum Gasteiger partial charge on any atom is -0.309 e. The van der Waals surface area contributed by atoms with Gasteiger partial charge in [0.25, 0.3) is 0 Å². The van der Waals surface area contributed by atoms with Crippen LogP contribution in [0.1, 0.15) is 59.7 Å². The van der Waals surface area contributed by atoms with Crippen LogP contribution in [0, 0.1) is 11.3 Å². The molecule has 0 aliphatic heterocycles. The first-order chi connectivity index (χ1) is 8.81. The van der Waals surface area contributed by atoms with Crippen molar-refractivity contribution in [2.75, 3.05) is 6.54 Å². The molecule has 3 nitrogen and oxygen atoms in total. The first-order valence-corrected chi connectivity index (χ1v) is 7.63. The molecule has 1 aromatic rings. The number of hydrogen-bond donors (Lipinski definition) is 1. The zero-order chi connectivity index (χ0) is 14.6. The molecule has 0 amide bonds. The molecular weight excluding hydrogens is 258 g/mol. The van der Waals surface area contributed by atoms with Gasteiger partial charge in [-0.15, -0.1) is 0 Å². The summed E-state index contributed by atoms with van der Waals surface area (Å²) in [6, 6.07) is 0.272. The molecule has 0 bridgehead atoms. The minimum atomic E-state index is 0.272. The summed E-state index contributed by atoms with van der Waals surface area (Å²) < 4.78 is 2.00. The molecule has 0 aliphatic carbocycles. The molecule has 4 heteroatoms. The smallest absolute Gasteiger partial charge is 0.0834 e. The summed E-state index contributed by atoms with van der Waals surface area (Å²) in [5.74, 6) is 0.604. The standard InChI is InChI=1S/C15H28ClN3/c1-7-17-13(9-11(3)15(4,5)6)14-12(16)10-18-19(14)8-2/h10-11,13,17H,7-9H2,1-6H3. The van der Waals surface area contributed by atoms with Crippen LogP contribution < -0.4 is 5.32 Å². The van der Waals surface area contributed by atoms with Crippen molar-refractivity contribution in [3.8, 4) is 0 Å². The molecule has 0 saturated carbocycles. The number of nitrogens with zero attached hydrogens (tertiary/aromatic N) is 2. The van der Waals surface area contributed by atoms with Crippen LogP contribution in [0.4, 0.5) is 0 Å². The zero-order valence-electron chi connectivity index (χ0n) is 13.1. The zero-order valence-corrected chi connectivity index (χ0v) is 13.9. The van der Waals surface area contributed by atoms with E-state index in [1.165, 1.54) is 0 Å². The fourth-order valence-electron chi connectivity index (χ4n) is 2.22. The highest BCUT2D eigenvalue weighted by Gasteiger charge is 2.27. The van der Waals surface area contributed by atoms with Gasteiger partial charge in [-0.2, -0.15) is 5.10 Å². The largest absolute Gasteiger partial charge is 0.309 e. The lowest BCUT2D eigenvalue weighted by atomic mass is 9.78. The van der Waals surface area contributed by atoms with Gasteiger partial charge in [0, 0.05) is 6.54 Å². The molecule has 0 saturated heterocycles. The van der Waals surface area contributed by atoms with E-state index in [4.69, 9.17) is 11.6 Å². The summed E-state index contributed by atoms with van der Waals surface area (Å²) in [5, 5.41) is 8.68. The lowest BCUT2D eigenvalue weighted by Crippen LogP contribution is -2.29. The van der Waals surface area contributed by atoms with Gasteiger partial charge in [-0.25, -0.2) is 0 Å². The van der Waals surface area contributed by atoms with E-state index in [1.807, 2.05) is 4.68 Å². The second-order valence-electron chi connectivity index (χ2n) is 6.31. The number of aromatic nitrogens is 2. The summed E-state index contributed by atoms with van der Waals surface area (Å²) in [4.78, 5) is 0. The number of nitrogens with one attached hydrogen (secondary N) is 1. The van der Waals surface area contributed by atoms with E-state index >= 15 is 0 Å². The maximum Gasteiger partial charge on any atom is 0.0834 e. The second kappa shape index (κ2) is 6.76. The lowest BCUT2D eigenvalue weighted by molar-refractivity contribution is 0.220. The Bertz CT molecular complexity index is 393. The van der Waals surface area contributed by atoms with Crippen LogP contribution in [0.2, 0.25) is 5.02 Å². The summed E-state index contributed by atoms with van der Waals surface area (Å²) in [5.41, 5.74) is 1.43. The SMILES string of the molecule is CCNC(CC(C)C(C)(C)C)c1c(Cl)cnn1CC. The van der Waals surface area contributed by atoms with Gasteiger partial charge in [0.05, 0.1) is 23.0 Å². The third-order valence-corrected chi connectivity index (χ3v) is 4.27. The minimum absolute atomic E-state index is 0.272. The first kappa shape index (κ1) is 16.5. The number of aryl methyl sites for hydroxylation is 1. The summed E-state index contributed by atoms with van der Waals surface area (Å²) in [6.45, 7) is 15.2. The van der Waals surface area contributed by atoms with Crippen LogP contribution in [0.3, 0.4) is 0 Å². The van der Waals surface area contributed by atoms with Crippen LogP contribution in [0.15, 0.2) is 6.20 Å². The molecule has 19 heavy (non-hydrogen) atoms. The Morgan fingerprint density at radius 1 is 1.37 bits per heavy atom. The predicted octanol–water partition coefficient (Wildman–Crippen LogP) is 4.28. The average Bonchev–Trinajstić information content (AvgIpc) is 2.68. The van der Waals surface area contributed by atoms with Gasteiger partial charge in [0.15, 0.2) is 0 Å². The Morgan fingerprint density at radius 3 is 2.47 bits per heavy atom. The highest BCUT2D eigenvalue weighted by Crippen LogP contribution is 2.35. The van der Waals surface area contributed by atoms with E-state index < -0.39 is 0 Å². The van der Waals surface area contributed by atoms with Crippen molar-refractivity contribution in [2.24, 2.45) is 11.3 Å². The lowest BCUT2D eigenvalue weighted by Gasteiger charge is -2.31. The van der Waals surface area contributed by atoms with Crippen LogP contribution in [0.25, 0.3) is 0 Å². The van der Waals surface area contributed by atoms with Crippen LogP contribution >= 0.6 is 11.6 Å². The van der Waals surface area contributed by atoms with Crippen molar-refractivity contribution in [1.82, 2.24) is 15.1 Å². The molecule has 0 spiro atoms. The van der Waals surface area contributed by atoms with Crippen LogP contribution in [-0.2, 0) is 6.54 Å². The van der Waals surface area contributed by atoms with Crippen molar-refractivity contribution in [3.63, 3.8) is 0 Å². The highest BCUT2D eigenvalue weighted by molar-refractivity contribution is 6.31. The third kappa shape index (κ3) is 4.22. The van der Waals surface area contributed by atoms with E-state index in [2.05, 4.69) is 52.0 Å². The molecule has 2 atom stereocenters. The first-order valence-electron chi connectivity index (χ1n) is 7.25. The van der Waals surface area contributed by atoms with Crippen LogP contribution in [0.5, 0.6) is 0 Å². The molecule has 2 unspecified atom stereocenters. The van der Waals surface area contributed by atoms with E-state index in [-0.39, 0.29) is 6.04 Å². The number of halogens is 1. The fourth-order valence-corrected chi connectivity index (χ4v) is 2.49. The Balaban J connectivity index is 2.97. The molecule has 1 N–H and O–H groups in total. The third-order valence-electron chi connectivity index (χ3n) is 3.98. The summed E-state index contributed by atoms with van der Waals surface area (Å²) in [6.07, 6.45) is 2.83. The van der Waals surface area contributed by atoms with Gasteiger partial charge in [-0.1, -0.05) is 46.2 Å². The summed E-state index contributed by atoms with van der Waals surface area (Å²) in [7, 11) is 0. The molecule has 0 fully saturated rings. The van der Waals surface area contributed by atoms with Gasteiger partial charge in [-0.05, 0) is 31.2 Å². The number of rotatable bonds is 6. The Kier molecular flexibility index (Phi) is 5.87. The highest BCUT2D eigenvalue weighted by atomic mass is 35.5. The van der Waals surface area contributed by atoms with Crippen molar-refractivity contribution < 1.29 is 0 Å². The summed E-state index contributed by atoms with van der Waals surface area (Å²) >= 11 is 6.33. The molecule has 1 aromatic heterocycles. The normalized spacial score (nSPS) is 15.5. The van der Waals surface area contributed by atoms with E-state index in [9.17, 15) is 0 Å². The molecule has 1 rings (SSSR count). The predicted molar refractivity (Wildman–Crippen MR) is 82.6 cm³/mol. The molecule has 1 heterocycles. The van der Waals surface area contributed by atoms with E-state index in [0.717, 1.165) is 30.2 Å².